The Balaban J connectivity index is 2.89. The molecule has 0 aliphatic carbocycles. The fourth-order valence-electron chi connectivity index (χ4n) is 0.414. The van der Waals surface area contributed by atoms with Crippen LogP contribution in [0.4, 0.5) is 0 Å². The number of aliphatic imine (C=N–C) groups is 1. The summed E-state index contributed by atoms with van der Waals surface area (Å²) in [6.45, 7) is 3.45. The van der Waals surface area contributed by atoms with Gasteiger partial charge in [0.1, 0.15) is 0 Å². The van der Waals surface area contributed by atoms with Crippen LogP contribution in [0.1, 0.15) is 0 Å². The van der Waals surface area contributed by atoms with E-state index < -0.39 is 0 Å². The number of carbonyl (C=O) groups is 1. The second kappa shape index (κ2) is 1.74. The summed E-state index contributed by atoms with van der Waals surface area (Å²) in [7, 11) is 0. The lowest BCUT2D eigenvalue weighted by Crippen LogP contribution is -2.00. The largest absolute Gasteiger partial charge is 0.289 e. The van der Waals surface area contributed by atoms with Gasteiger partial charge in [0.2, 0.25) is 0 Å². The SMILES string of the molecule is C=C1C=NC=CC1=O. The summed E-state index contributed by atoms with van der Waals surface area (Å²) in [6.07, 6.45) is 4.29. The highest BCUT2D eigenvalue weighted by Crippen LogP contribution is 1.95. The molecule has 1 heterocycles. The number of ketones is 1. The summed E-state index contributed by atoms with van der Waals surface area (Å²) in [5.74, 6) is -0.0556. The molecule has 0 aromatic heterocycles. The quantitative estimate of drug-likeness (QED) is 0.419. The third-order valence-electron chi connectivity index (χ3n) is 0.859. The Kier molecular flexibility index (Phi) is 1.08. The van der Waals surface area contributed by atoms with Crippen molar-refractivity contribution in [3.8, 4) is 0 Å². The molecule has 40 valence electrons. The van der Waals surface area contributed by atoms with Gasteiger partial charge in [-0.15, -0.1) is 0 Å². The highest BCUT2D eigenvalue weighted by Gasteiger charge is 2.00. The lowest BCUT2D eigenvalue weighted by Gasteiger charge is -1.93. The van der Waals surface area contributed by atoms with Gasteiger partial charge >= 0.3 is 0 Å². The van der Waals surface area contributed by atoms with Gasteiger partial charge in [-0.2, -0.15) is 0 Å². The molecule has 0 aromatic rings. The molecule has 2 heteroatoms. The molecule has 2 nitrogen and oxygen atoms in total. The van der Waals surface area contributed by atoms with Gasteiger partial charge in [0.25, 0.3) is 0 Å². The van der Waals surface area contributed by atoms with Crippen molar-refractivity contribution >= 4 is 12.0 Å². The molecule has 0 spiro atoms. The van der Waals surface area contributed by atoms with Gasteiger partial charge in [0, 0.05) is 24.1 Å². The molecule has 0 fully saturated rings. The van der Waals surface area contributed by atoms with Crippen LogP contribution in [0.15, 0.2) is 29.4 Å². The van der Waals surface area contributed by atoms with E-state index in [4.69, 9.17) is 0 Å². The van der Waals surface area contributed by atoms with E-state index >= 15 is 0 Å². The molecule has 0 aromatic carbocycles. The average Bonchev–Trinajstić information content (AvgIpc) is 1.77. The predicted octanol–water partition coefficient (Wildman–Crippen LogP) is 0.710. The first kappa shape index (κ1) is 4.97. The molecule has 1 aliphatic rings. The van der Waals surface area contributed by atoms with Gasteiger partial charge in [-0.05, 0) is 0 Å². The maximum absolute atomic E-state index is 10.5. The zero-order chi connectivity index (χ0) is 5.98. The molecule has 1 rings (SSSR count). The van der Waals surface area contributed by atoms with Gasteiger partial charge in [-0.1, -0.05) is 6.58 Å². The van der Waals surface area contributed by atoms with Crippen molar-refractivity contribution in [3.63, 3.8) is 0 Å². The summed E-state index contributed by atoms with van der Waals surface area (Å²) >= 11 is 0. The second-order valence-corrected chi connectivity index (χ2v) is 1.48. The van der Waals surface area contributed by atoms with Crippen molar-refractivity contribution < 1.29 is 4.79 Å². The Bertz CT molecular complexity index is 167. The number of carbonyl (C=O) groups excluding carboxylic acids is 1. The molecule has 0 saturated carbocycles. The van der Waals surface area contributed by atoms with Crippen molar-refractivity contribution in [1.29, 1.82) is 0 Å². The summed E-state index contributed by atoms with van der Waals surface area (Å²) < 4.78 is 0. The standard InChI is InChI=1S/C6H5NO/c1-5-4-7-3-2-6(5)8/h2-4H,1H2. The van der Waals surface area contributed by atoms with Crippen LogP contribution in [-0.2, 0) is 4.79 Å². The predicted molar refractivity (Wildman–Crippen MR) is 31.8 cm³/mol. The Hall–Kier alpha value is -1.18. The molecule has 1 aliphatic heterocycles. The van der Waals surface area contributed by atoms with E-state index in [1.807, 2.05) is 0 Å². The van der Waals surface area contributed by atoms with Crippen molar-refractivity contribution in [2.24, 2.45) is 4.99 Å². The first-order valence-electron chi connectivity index (χ1n) is 2.23. The molecule has 0 amide bonds. The summed E-state index contributed by atoms with van der Waals surface area (Å²) in [4.78, 5) is 14.2. The molecule has 0 bridgehead atoms. The maximum atomic E-state index is 10.5. The van der Waals surface area contributed by atoms with Crippen LogP contribution in [-0.4, -0.2) is 12.0 Å². The number of hydrogen-bond donors (Lipinski definition) is 0. The second-order valence-electron chi connectivity index (χ2n) is 1.48. The highest BCUT2D eigenvalue weighted by atomic mass is 16.1. The topological polar surface area (TPSA) is 29.4 Å². The van der Waals surface area contributed by atoms with Gasteiger partial charge < -0.3 is 0 Å². The zero-order valence-corrected chi connectivity index (χ0v) is 4.29. The van der Waals surface area contributed by atoms with Crippen LogP contribution >= 0.6 is 0 Å². The van der Waals surface area contributed by atoms with Crippen LogP contribution < -0.4 is 0 Å². The molecular formula is C6H5NO. The third-order valence-corrected chi connectivity index (χ3v) is 0.859. The van der Waals surface area contributed by atoms with E-state index in [-0.39, 0.29) is 5.78 Å². The minimum atomic E-state index is -0.0556. The van der Waals surface area contributed by atoms with E-state index in [9.17, 15) is 4.79 Å². The van der Waals surface area contributed by atoms with Gasteiger partial charge in [-0.25, -0.2) is 0 Å². The van der Waals surface area contributed by atoms with Gasteiger partial charge in [0.15, 0.2) is 5.78 Å². The van der Waals surface area contributed by atoms with Gasteiger partial charge in [-0.3, -0.25) is 9.79 Å². The van der Waals surface area contributed by atoms with Gasteiger partial charge in [0.05, 0.1) is 0 Å². The fourth-order valence-corrected chi connectivity index (χ4v) is 0.414. The maximum Gasteiger partial charge on any atom is 0.188 e. The van der Waals surface area contributed by atoms with Crippen molar-refractivity contribution in [1.82, 2.24) is 0 Å². The Morgan fingerprint density at radius 3 is 2.75 bits per heavy atom. The minimum absolute atomic E-state index is 0.0556. The lowest BCUT2D eigenvalue weighted by molar-refractivity contribution is -0.110. The Morgan fingerprint density at radius 2 is 2.38 bits per heavy atom. The number of nitrogens with zero attached hydrogens (tertiary/aromatic N) is 1. The monoisotopic (exact) mass is 107 g/mol. The Labute approximate surface area is 47.2 Å². The van der Waals surface area contributed by atoms with Crippen molar-refractivity contribution in [2.75, 3.05) is 0 Å². The van der Waals surface area contributed by atoms with Crippen molar-refractivity contribution in [3.05, 3.63) is 24.4 Å². The molecule has 0 N–H and O–H groups in total. The van der Waals surface area contributed by atoms with E-state index in [0.717, 1.165) is 0 Å². The van der Waals surface area contributed by atoms with E-state index in [0.29, 0.717) is 5.57 Å². The minimum Gasteiger partial charge on any atom is -0.289 e. The lowest BCUT2D eigenvalue weighted by atomic mass is 10.2. The zero-order valence-electron chi connectivity index (χ0n) is 4.29. The summed E-state index contributed by atoms with van der Waals surface area (Å²) in [6, 6.07) is 0. The van der Waals surface area contributed by atoms with E-state index in [2.05, 4.69) is 11.6 Å². The summed E-state index contributed by atoms with van der Waals surface area (Å²) in [5, 5.41) is 0. The smallest absolute Gasteiger partial charge is 0.188 e. The molecule has 0 radical (unpaired) electrons. The molecular weight excluding hydrogens is 102 g/mol. The normalized spacial score (nSPS) is 17.5. The molecule has 0 saturated heterocycles. The molecule has 8 heavy (non-hydrogen) atoms. The van der Waals surface area contributed by atoms with E-state index in [1.54, 1.807) is 0 Å². The van der Waals surface area contributed by atoms with Crippen molar-refractivity contribution in [2.45, 2.75) is 0 Å². The van der Waals surface area contributed by atoms with Crippen LogP contribution in [0.25, 0.3) is 0 Å². The first-order chi connectivity index (χ1) is 3.80. The molecule has 0 atom stereocenters. The molecule has 0 unspecified atom stereocenters. The number of rotatable bonds is 0. The highest BCUT2D eigenvalue weighted by molar-refractivity contribution is 6.19. The Morgan fingerprint density at radius 1 is 1.62 bits per heavy atom. The fraction of sp³-hybridized carbons (Fsp3) is 0. The number of hydrogen-bond acceptors (Lipinski definition) is 2. The van der Waals surface area contributed by atoms with Crippen LogP contribution in [0.5, 0.6) is 0 Å². The average molecular weight is 107 g/mol. The first-order valence-corrected chi connectivity index (χ1v) is 2.23. The van der Waals surface area contributed by atoms with Crippen LogP contribution in [0.3, 0.4) is 0 Å². The summed E-state index contributed by atoms with van der Waals surface area (Å²) in [5.41, 5.74) is 0.451. The third kappa shape index (κ3) is 0.729. The van der Waals surface area contributed by atoms with Crippen LogP contribution in [0.2, 0.25) is 0 Å². The van der Waals surface area contributed by atoms with E-state index in [1.165, 1.54) is 18.5 Å². The number of allylic oxidation sites excluding steroid dienone is 2. The van der Waals surface area contributed by atoms with Crippen LogP contribution in [0, 0.1) is 0 Å².